The molecule has 30 heavy (non-hydrogen) atoms. The van der Waals surface area contributed by atoms with Crippen LogP contribution in [0.3, 0.4) is 0 Å². The molecule has 0 saturated heterocycles. The molecule has 0 aliphatic heterocycles. The number of halogens is 1. The molecule has 0 aromatic heterocycles. The van der Waals surface area contributed by atoms with Crippen LogP contribution in [0.25, 0.3) is 0 Å². The van der Waals surface area contributed by atoms with Gasteiger partial charge in [0.1, 0.15) is 5.60 Å². The Bertz CT molecular complexity index is 544. The first-order chi connectivity index (χ1) is 13.7. The van der Waals surface area contributed by atoms with Crippen molar-refractivity contribution in [2.45, 2.75) is 78.4 Å². The molecule has 0 radical (unpaired) electrons. The highest BCUT2D eigenvalue weighted by molar-refractivity contribution is 14.0. The smallest absolute Gasteiger partial charge is 0.410 e. The third-order valence-electron chi connectivity index (χ3n) is 4.73. The van der Waals surface area contributed by atoms with Crippen LogP contribution >= 0.6 is 24.0 Å². The van der Waals surface area contributed by atoms with Gasteiger partial charge in [-0.1, -0.05) is 6.92 Å². The van der Waals surface area contributed by atoms with Crippen molar-refractivity contribution >= 4 is 42.0 Å². The van der Waals surface area contributed by atoms with E-state index in [1.807, 2.05) is 34.6 Å². The van der Waals surface area contributed by atoms with Gasteiger partial charge in [0, 0.05) is 32.7 Å². The molecule has 176 valence electrons. The van der Waals surface area contributed by atoms with Gasteiger partial charge in [0.15, 0.2) is 5.96 Å². The second kappa shape index (κ2) is 14.7. The number of hydrogen-bond acceptors (Lipinski definition) is 5. The number of nitrogens with one attached hydrogen (secondary N) is 2. The summed E-state index contributed by atoms with van der Waals surface area (Å²) >= 11 is 0. The molecule has 8 nitrogen and oxygen atoms in total. The molecule has 1 saturated carbocycles. The van der Waals surface area contributed by atoms with Crippen LogP contribution < -0.4 is 10.6 Å². The summed E-state index contributed by atoms with van der Waals surface area (Å²) in [7, 11) is 1.73. The van der Waals surface area contributed by atoms with Crippen molar-refractivity contribution in [1.82, 2.24) is 15.5 Å². The number of esters is 1. The van der Waals surface area contributed by atoms with Gasteiger partial charge >= 0.3 is 12.1 Å². The van der Waals surface area contributed by atoms with E-state index in [0.717, 1.165) is 32.1 Å². The molecule has 0 aromatic rings. The third-order valence-corrected chi connectivity index (χ3v) is 4.73. The number of ether oxygens (including phenoxy) is 2. The summed E-state index contributed by atoms with van der Waals surface area (Å²) in [6.45, 7) is 11.7. The average Bonchev–Trinajstić information content (AvgIpc) is 2.65. The van der Waals surface area contributed by atoms with Gasteiger partial charge in [-0.3, -0.25) is 9.79 Å². The zero-order valence-electron chi connectivity index (χ0n) is 19.5. The predicted octanol–water partition coefficient (Wildman–Crippen LogP) is 3.54. The van der Waals surface area contributed by atoms with Gasteiger partial charge in [-0.15, -0.1) is 24.0 Å². The van der Waals surface area contributed by atoms with Crippen LogP contribution in [0.15, 0.2) is 4.99 Å². The molecule has 0 bridgehead atoms. The van der Waals surface area contributed by atoms with E-state index in [0.29, 0.717) is 32.2 Å². The highest BCUT2D eigenvalue weighted by atomic mass is 127. The first kappa shape index (κ1) is 28.7. The minimum atomic E-state index is -0.503. The van der Waals surface area contributed by atoms with Gasteiger partial charge in [0.25, 0.3) is 0 Å². The lowest BCUT2D eigenvalue weighted by Crippen LogP contribution is -2.48. The number of hydrogen-bond donors (Lipinski definition) is 2. The SMILES string of the molecule is CCCN(CCNC(=NC)NC1CCC(C(=O)OCC)CC1)C(=O)OC(C)(C)C.I. The van der Waals surface area contributed by atoms with E-state index in [9.17, 15) is 9.59 Å². The summed E-state index contributed by atoms with van der Waals surface area (Å²) < 4.78 is 10.6. The molecular weight excluding hydrogens is 499 g/mol. The van der Waals surface area contributed by atoms with Crippen LogP contribution in [0.1, 0.15) is 66.7 Å². The fourth-order valence-corrected chi connectivity index (χ4v) is 3.32. The average molecular weight is 540 g/mol. The Hall–Kier alpha value is -1.26. The van der Waals surface area contributed by atoms with Gasteiger partial charge < -0.3 is 25.0 Å². The Labute approximate surface area is 198 Å². The molecular formula is C21H41IN4O4. The number of aliphatic imine (C=N–C) groups is 1. The second-order valence-electron chi connectivity index (χ2n) is 8.41. The molecule has 1 aliphatic carbocycles. The van der Waals surface area contributed by atoms with Crippen LogP contribution in [-0.2, 0) is 14.3 Å². The second-order valence-corrected chi connectivity index (χ2v) is 8.41. The van der Waals surface area contributed by atoms with Gasteiger partial charge in [-0.25, -0.2) is 4.79 Å². The van der Waals surface area contributed by atoms with Gasteiger partial charge in [0.05, 0.1) is 12.5 Å². The summed E-state index contributed by atoms with van der Waals surface area (Å²) in [5, 5.41) is 6.70. The Morgan fingerprint density at radius 1 is 1.10 bits per heavy atom. The van der Waals surface area contributed by atoms with Crippen molar-refractivity contribution in [1.29, 1.82) is 0 Å². The number of amides is 1. The van der Waals surface area contributed by atoms with Crippen LogP contribution in [0, 0.1) is 5.92 Å². The molecule has 0 heterocycles. The maximum Gasteiger partial charge on any atom is 0.410 e. The number of carbonyl (C=O) groups excluding carboxylic acids is 2. The zero-order chi connectivity index (χ0) is 21.9. The lowest BCUT2D eigenvalue weighted by molar-refractivity contribution is -0.149. The van der Waals surface area contributed by atoms with Gasteiger partial charge in [-0.2, -0.15) is 0 Å². The first-order valence-electron chi connectivity index (χ1n) is 10.8. The van der Waals surface area contributed by atoms with E-state index in [1.165, 1.54) is 0 Å². The van der Waals surface area contributed by atoms with E-state index in [1.54, 1.807) is 11.9 Å². The monoisotopic (exact) mass is 540 g/mol. The summed E-state index contributed by atoms with van der Waals surface area (Å²) in [6.07, 6.45) is 4.05. The summed E-state index contributed by atoms with van der Waals surface area (Å²) in [5.74, 6) is 0.649. The van der Waals surface area contributed by atoms with Crippen molar-refractivity contribution in [3.8, 4) is 0 Å². The molecule has 1 rings (SSSR count). The van der Waals surface area contributed by atoms with Crippen molar-refractivity contribution in [3.05, 3.63) is 0 Å². The number of carbonyl (C=O) groups is 2. The fourth-order valence-electron chi connectivity index (χ4n) is 3.32. The fraction of sp³-hybridized carbons (Fsp3) is 0.857. The van der Waals surface area contributed by atoms with Crippen molar-refractivity contribution < 1.29 is 19.1 Å². The maximum absolute atomic E-state index is 12.3. The number of guanidine groups is 1. The molecule has 1 aliphatic rings. The lowest BCUT2D eigenvalue weighted by atomic mass is 9.86. The molecule has 0 spiro atoms. The van der Waals surface area contributed by atoms with Crippen LogP contribution in [0.5, 0.6) is 0 Å². The van der Waals surface area contributed by atoms with Gasteiger partial charge in [0.2, 0.25) is 0 Å². The normalized spacial score (nSPS) is 19.3. The van der Waals surface area contributed by atoms with Crippen molar-refractivity contribution in [3.63, 3.8) is 0 Å². The lowest BCUT2D eigenvalue weighted by Gasteiger charge is -2.30. The molecule has 9 heteroatoms. The predicted molar refractivity (Wildman–Crippen MR) is 130 cm³/mol. The van der Waals surface area contributed by atoms with E-state index in [2.05, 4.69) is 15.6 Å². The third kappa shape index (κ3) is 11.2. The largest absolute Gasteiger partial charge is 0.466 e. The Morgan fingerprint density at radius 2 is 1.73 bits per heavy atom. The Morgan fingerprint density at radius 3 is 2.23 bits per heavy atom. The minimum Gasteiger partial charge on any atom is -0.466 e. The van der Waals surface area contributed by atoms with Crippen molar-refractivity contribution in [2.75, 3.05) is 33.3 Å². The Kier molecular flexibility index (Phi) is 14.1. The molecule has 2 N–H and O–H groups in total. The van der Waals surface area contributed by atoms with Crippen molar-refractivity contribution in [2.24, 2.45) is 10.9 Å². The summed E-state index contributed by atoms with van der Waals surface area (Å²) in [4.78, 5) is 30.2. The number of nitrogens with zero attached hydrogens (tertiary/aromatic N) is 2. The molecule has 1 fully saturated rings. The van der Waals surface area contributed by atoms with Crippen LogP contribution in [0.4, 0.5) is 4.79 Å². The quantitative estimate of drug-likeness (QED) is 0.212. The Balaban J connectivity index is 0.00000841. The minimum absolute atomic E-state index is 0. The zero-order valence-corrected chi connectivity index (χ0v) is 21.8. The topological polar surface area (TPSA) is 92.3 Å². The standard InChI is InChI=1S/C21H40N4O4.HI/c1-7-14-25(20(27)29-21(3,4)5)15-13-23-19(22-6)24-17-11-9-16(10-12-17)18(26)28-8-2;/h16-17H,7-15H2,1-6H3,(H2,22,23,24);1H. The highest BCUT2D eigenvalue weighted by Gasteiger charge is 2.27. The first-order valence-corrected chi connectivity index (χ1v) is 10.8. The number of rotatable bonds is 8. The van der Waals surface area contributed by atoms with Gasteiger partial charge in [-0.05, 0) is 59.8 Å². The molecule has 0 aromatic carbocycles. The van der Waals surface area contributed by atoms with Crippen LogP contribution in [0.2, 0.25) is 0 Å². The van der Waals surface area contributed by atoms with E-state index in [4.69, 9.17) is 9.47 Å². The summed E-state index contributed by atoms with van der Waals surface area (Å²) in [6, 6.07) is 0.282. The molecule has 0 atom stereocenters. The molecule has 0 unspecified atom stereocenters. The molecule has 1 amide bonds. The highest BCUT2D eigenvalue weighted by Crippen LogP contribution is 2.25. The van der Waals surface area contributed by atoms with Crippen LogP contribution in [-0.4, -0.2) is 67.9 Å². The van der Waals surface area contributed by atoms with E-state index in [-0.39, 0.29) is 48.0 Å². The maximum atomic E-state index is 12.3. The van der Waals surface area contributed by atoms with E-state index < -0.39 is 5.60 Å². The van der Waals surface area contributed by atoms with E-state index >= 15 is 0 Å². The summed E-state index contributed by atoms with van der Waals surface area (Å²) in [5.41, 5.74) is -0.503.